The number of aromatic hydroxyl groups is 1. The molecule has 0 bridgehead atoms. The van der Waals surface area contributed by atoms with Crippen molar-refractivity contribution in [1.29, 1.82) is 0 Å². The van der Waals surface area contributed by atoms with Crippen molar-refractivity contribution in [1.82, 2.24) is 4.98 Å². The maximum absolute atomic E-state index is 10.8. The van der Waals surface area contributed by atoms with Crippen LogP contribution in [0.25, 0.3) is 11.5 Å². The first-order valence-electron chi connectivity index (χ1n) is 7.17. The van der Waals surface area contributed by atoms with E-state index in [0.29, 0.717) is 11.6 Å². The molecule has 0 unspecified atom stereocenters. The van der Waals surface area contributed by atoms with Gasteiger partial charge in [-0.2, -0.15) is 0 Å². The number of aromatic nitrogens is 1. The lowest BCUT2D eigenvalue weighted by atomic mass is 10.1. The average molecular weight is 322 g/mol. The van der Waals surface area contributed by atoms with Crippen molar-refractivity contribution >= 4 is 17.9 Å². The van der Waals surface area contributed by atoms with Crippen LogP contribution in [0.4, 0.5) is 5.69 Å². The van der Waals surface area contributed by atoms with Crippen LogP contribution >= 0.6 is 0 Å². The Kier molecular flexibility index (Phi) is 4.11. The molecule has 0 aliphatic carbocycles. The Balaban J connectivity index is 1.82. The standard InChI is InChI=1S/C18H14N2O4/c1-11-2-4-12(5-3-11)16-20-15(18(23)24-16)10-19-14-8-6-13(7-9-14)17(21)22/h2-10,23H,1H3,(H,21,22). The van der Waals surface area contributed by atoms with Crippen LogP contribution in [0.3, 0.4) is 0 Å². The van der Waals surface area contributed by atoms with Crippen LogP contribution in [0.15, 0.2) is 57.9 Å². The van der Waals surface area contributed by atoms with E-state index in [1.165, 1.54) is 18.3 Å². The van der Waals surface area contributed by atoms with Crippen molar-refractivity contribution in [3.8, 4) is 17.4 Å². The lowest BCUT2D eigenvalue weighted by molar-refractivity contribution is 0.0697. The highest BCUT2D eigenvalue weighted by Gasteiger charge is 2.12. The highest BCUT2D eigenvalue weighted by molar-refractivity contribution is 5.88. The fraction of sp³-hybridized carbons (Fsp3) is 0.0556. The van der Waals surface area contributed by atoms with E-state index in [4.69, 9.17) is 9.52 Å². The molecule has 2 aromatic carbocycles. The molecule has 3 aromatic rings. The third kappa shape index (κ3) is 3.33. The van der Waals surface area contributed by atoms with Gasteiger partial charge in [0, 0.05) is 5.56 Å². The number of carboxylic acid groups (broad SMARTS) is 1. The third-order valence-corrected chi connectivity index (χ3v) is 3.38. The van der Waals surface area contributed by atoms with Crippen molar-refractivity contribution in [2.24, 2.45) is 4.99 Å². The third-order valence-electron chi connectivity index (χ3n) is 3.38. The van der Waals surface area contributed by atoms with Crippen molar-refractivity contribution < 1.29 is 19.4 Å². The maximum atomic E-state index is 10.8. The Morgan fingerprint density at radius 2 is 1.79 bits per heavy atom. The van der Waals surface area contributed by atoms with E-state index in [1.54, 1.807) is 12.1 Å². The first kappa shape index (κ1) is 15.5. The quantitative estimate of drug-likeness (QED) is 0.712. The molecule has 6 heteroatoms. The van der Waals surface area contributed by atoms with Crippen molar-refractivity contribution in [2.45, 2.75) is 6.92 Å². The molecule has 0 fully saturated rings. The smallest absolute Gasteiger partial charge is 0.335 e. The minimum atomic E-state index is -0.998. The van der Waals surface area contributed by atoms with E-state index in [-0.39, 0.29) is 17.2 Å². The molecular formula is C18H14N2O4. The molecule has 24 heavy (non-hydrogen) atoms. The monoisotopic (exact) mass is 322 g/mol. The van der Waals surface area contributed by atoms with Gasteiger partial charge >= 0.3 is 11.9 Å². The summed E-state index contributed by atoms with van der Waals surface area (Å²) in [4.78, 5) is 19.2. The van der Waals surface area contributed by atoms with Gasteiger partial charge in [0.1, 0.15) is 0 Å². The zero-order valence-corrected chi connectivity index (χ0v) is 12.8. The number of hydrogen-bond donors (Lipinski definition) is 2. The minimum Gasteiger partial charge on any atom is -0.479 e. The summed E-state index contributed by atoms with van der Waals surface area (Å²) >= 11 is 0. The molecule has 0 aliphatic rings. The largest absolute Gasteiger partial charge is 0.479 e. The number of nitrogens with zero attached hydrogens (tertiary/aromatic N) is 2. The molecule has 0 atom stereocenters. The van der Waals surface area contributed by atoms with E-state index in [0.717, 1.165) is 11.1 Å². The van der Waals surface area contributed by atoms with Crippen LogP contribution in [0.2, 0.25) is 0 Å². The summed E-state index contributed by atoms with van der Waals surface area (Å²) in [6, 6.07) is 13.6. The summed E-state index contributed by atoms with van der Waals surface area (Å²) in [5, 5.41) is 18.7. The molecular weight excluding hydrogens is 308 g/mol. The Hall–Kier alpha value is -3.41. The number of carboxylic acids is 1. The second kappa shape index (κ2) is 6.37. The summed E-state index contributed by atoms with van der Waals surface area (Å²) in [6.07, 6.45) is 1.37. The molecule has 2 N–H and O–H groups in total. The van der Waals surface area contributed by atoms with Gasteiger partial charge in [-0.05, 0) is 43.3 Å². The summed E-state index contributed by atoms with van der Waals surface area (Å²) in [7, 11) is 0. The SMILES string of the molecule is Cc1ccc(-c2nc(C=Nc3ccc(C(=O)O)cc3)c(O)o2)cc1. The van der Waals surface area contributed by atoms with Crippen LogP contribution in [0, 0.1) is 6.92 Å². The molecule has 0 saturated carbocycles. The first-order chi connectivity index (χ1) is 11.5. The highest BCUT2D eigenvalue weighted by Crippen LogP contribution is 2.26. The topological polar surface area (TPSA) is 95.9 Å². The van der Waals surface area contributed by atoms with Crippen LogP contribution in [-0.2, 0) is 0 Å². The van der Waals surface area contributed by atoms with E-state index < -0.39 is 5.97 Å². The fourth-order valence-electron chi connectivity index (χ4n) is 2.05. The van der Waals surface area contributed by atoms with Crippen LogP contribution in [0.5, 0.6) is 5.95 Å². The van der Waals surface area contributed by atoms with Crippen LogP contribution < -0.4 is 0 Å². The normalized spacial score (nSPS) is 11.0. The summed E-state index contributed by atoms with van der Waals surface area (Å²) < 4.78 is 5.26. The number of aryl methyl sites for hydroxylation is 1. The lowest BCUT2D eigenvalue weighted by Gasteiger charge is -1.95. The van der Waals surface area contributed by atoms with E-state index >= 15 is 0 Å². The summed E-state index contributed by atoms with van der Waals surface area (Å²) in [5.41, 5.74) is 2.79. The van der Waals surface area contributed by atoms with Gasteiger partial charge in [0.15, 0.2) is 5.69 Å². The van der Waals surface area contributed by atoms with Gasteiger partial charge in [-0.25, -0.2) is 9.78 Å². The zero-order chi connectivity index (χ0) is 17.1. The van der Waals surface area contributed by atoms with Crippen LogP contribution in [-0.4, -0.2) is 27.4 Å². The number of aromatic carboxylic acids is 1. The number of oxazole rings is 1. The Morgan fingerprint density at radius 3 is 2.42 bits per heavy atom. The molecule has 0 saturated heterocycles. The molecule has 0 spiro atoms. The zero-order valence-electron chi connectivity index (χ0n) is 12.8. The molecule has 0 radical (unpaired) electrons. The van der Waals surface area contributed by atoms with Gasteiger partial charge in [0.05, 0.1) is 17.5 Å². The van der Waals surface area contributed by atoms with E-state index in [9.17, 15) is 9.90 Å². The van der Waals surface area contributed by atoms with Crippen molar-refractivity contribution in [3.05, 3.63) is 65.4 Å². The summed E-state index contributed by atoms with van der Waals surface area (Å²) in [5.74, 6) is -1.02. The van der Waals surface area contributed by atoms with Gasteiger partial charge in [0.25, 0.3) is 0 Å². The van der Waals surface area contributed by atoms with Gasteiger partial charge in [-0.15, -0.1) is 0 Å². The molecule has 0 amide bonds. The fourth-order valence-corrected chi connectivity index (χ4v) is 2.05. The molecule has 6 nitrogen and oxygen atoms in total. The Morgan fingerprint density at radius 1 is 1.12 bits per heavy atom. The van der Waals surface area contributed by atoms with Crippen molar-refractivity contribution in [3.63, 3.8) is 0 Å². The van der Waals surface area contributed by atoms with Gasteiger partial charge < -0.3 is 14.6 Å². The minimum absolute atomic E-state index is 0.180. The summed E-state index contributed by atoms with van der Waals surface area (Å²) in [6.45, 7) is 1.98. The molecule has 3 rings (SSSR count). The molecule has 1 aromatic heterocycles. The first-order valence-corrected chi connectivity index (χ1v) is 7.17. The Bertz CT molecular complexity index is 894. The molecule has 1 heterocycles. The maximum Gasteiger partial charge on any atom is 0.335 e. The Labute approximate surface area is 137 Å². The van der Waals surface area contributed by atoms with Crippen LogP contribution in [0.1, 0.15) is 21.6 Å². The highest BCUT2D eigenvalue weighted by atomic mass is 16.5. The van der Waals surface area contributed by atoms with Gasteiger partial charge in [0.2, 0.25) is 5.89 Å². The predicted molar refractivity (Wildman–Crippen MR) is 89.0 cm³/mol. The average Bonchev–Trinajstić information content (AvgIpc) is 2.95. The molecule has 0 aliphatic heterocycles. The number of hydrogen-bond acceptors (Lipinski definition) is 5. The number of aliphatic imine (C=N–C) groups is 1. The van der Waals surface area contributed by atoms with E-state index in [1.807, 2.05) is 31.2 Å². The van der Waals surface area contributed by atoms with Gasteiger partial charge in [-0.1, -0.05) is 17.7 Å². The van der Waals surface area contributed by atoms with Gasteiger partial charge in [-0.3, -0.25) is 4.99 Å². The number of carbonyl (C=O) groups is 1. The van der Waals surface area contributed by atoms with Crippen molar-refractivity contribution in [2.75, 3.05) is 0 Å². The number of benzene rings is 2. The van der Waals surface area contributed by atoms with E-state index in [2.05, 4.69) is 9.98 Å². The second-order valence-electron chi connectivity index (χ2n) is 5.19. The number of rotatable bonds is 4. The lowest BCUT2D eigenvalue weighted by Crippen LogP contribution is -1.94. The molecule has 120 valence electrons. The second-order valence-corrected chi connectivity index (χ2v) is 5.19. The predicted octanol–water partition coefficient (Wildman–Crippen LogP) is 3.80.